The van der Waals surface area contributed by atoms with Gasteiger partial charge < -0.3 is 0 Å². The topological polar surface area (TPSA) is 34.9 Å². The standard InChI is InChI=1S/C15H17BrN2O/c1-11(2)18-15(13(16)10-17-18)14(19)9-8-12-6-4-3-5-7-12/h3-7,10-11H,8-9H2,1-2H3. The van der Waals surface area contributed by atoms with Crippen LogP contribution in [0.4, 0.5) is 0 Å². The summed E-state index contributed by atoms with van der Waals surface area (Å²) < 4.78 is 2.55. The quantitative estimate of drug-likeness (QED) is 0.779. The van der Waals surface area contributed by atoms with Gasteiger partial charge in [-0.1, -0.05) is 30.3 Å². The summed E-state index contributed by atoms with van der Waals surface area (Å²) in [6, 6.07) is 10.2. The molecule has 2 rings (SSSR count). The number of hydrogen-bond donors (Lipinski definition) is 0. The zero-order chi connectivity index (χ0) is 13.8. The maximum atomic E-state index is 12.3. The Kier molecular flexibility index (Phi) is 4.53. The second-order valence-corrected chi connectivity index (χ2v) is 5.64. The number of halogens is 1. The van der Waals surface area contributed by atoms with Gasteiger partial charge in [-0.05, 0) is 41.8 Å². The van der Waals surface area contributed by atoms with E-state index in [2.05, 4.69) is 21.0 Å². The lowest BCUT2D eigenvalue weighted by Gasteiger charge is -2.10. The van der Waals surface area contributed by atoms with Crippen LogP contribution in [0.3, 0.4) is 0 Å². The minimum Gasteiger partial charge on any atom is -0.292 e. The fourth-order valence-electron chi connectivity index (χ4n) is 2.01. The number of ketones is 1. The van der Waals surface area contributed by atoms with Crippen molar-refractivity contribution in [3.8, 4) is 0 Å². The smallest absolute Gasteiger partial charge is 0.182 e. The minimum absolute atomic E-state index is 0.127. The summed E-state index contributed by atoms with van der Waals surface area (Å²) in [4.78, 5) is 12.3. The van der Waals surface area contributed by atoms with Crippen molar-refractivity contribution < 1.29 is 4.79 Å². The summed E-state index contributed by atoms with van der Waals surface area (Å²) in [7, 11) is 0. The maximum absolute atomic E-state index is 12.3. The van der Waals surface area contributed by atoms with Crippen molar-refractivity contribution in [2.75, 3.05) is 0 Å². The summed E-state index contributed by atoms with van der Waals surface area (Å²) >= 11 is 3.41. The Bertz CT molecular complexity index is 561. The molecule has 0 spiro atoms. The average Bonchev–Trinajstić information content (AvgIpc) is 2.79. The molecular weight excluding hydrogens is 304 g/mol. The molecule has 19 heavy (non-hydrogen) atoms. The molecule has 0 saturated heterocycles. The van der Waals surface area contributed by atoms with Crippen molar-refractivity contribution in [1.82, 2.24) is 9.78 Å². The maximum Gasteiger partial charge on any atom is 0.182 e. The average molecular weight is 321 g/mol. The van der Waals surface area contributed by atoms with Gasteiger partial charge in [-0.15, -0.1) is 0 Å². The van der Waals surface area contributed by atoms with Crippen LogP contribution in [0.1, 0.15) is 42.4 Å². The molecule has 0 radical (unpaired) electrons. The molecule has 3 nitrogen and oxygen atoms in total. The predicted molar refractivity (Wildman–Crippen MR) is 79.4 cm³/mol. The first-order valence-corrected chi connectivity index (χ1v) is 7.19. The number of Topliss-reactive ketones (excluding diaryl/α,β-unsaturated/α-hetero) is 1. The Labute approximate surface area is 121 Å². The van der Waals surface area contributed by atoms with Crippen molar-refractivity contribution in [1.29, 1.82) is 0 Å². The van der Waals surface area contributed by atoms with E-state index in [4.69, 9.17) is 0 Å². The minimum atomic E-state index is 0.127. The van der Waals surface area contributed by atoms with Gasteiger partial charge in [0.05, 0.1) is 10.7 Å². The van der Waals surface area contributed by atoms with Crippen LogP contribution in [0.15, 0.2) is 41.0 Å². The van der Waals surface area contributed by atoms with E-state index >= 15 is 0 Å². The Morgan fingerprint density at radius 3 is 2.63 bits per heavy atom. The van der Waals surface area contributed by atoms with Crippen LogP contribution < -0.4 is 0 Å². The molecule has 0 unspecified atom stereocenters. The van der Waals surface area contributed by atoms with Crippen molar-refractivity contribution >= 4 is 21.7 Å². The highest BCUT2D eigenvalue weighted by Gasteiger charge is 2.18. The van der Waals surface area contributed by atoms with E-state index in [1.165, 1.54) is 5.56 Å². The molecule has 0 aliphatic heterocycles. The van der Waals surface area contributed by atoms with E-state index in [1.54, 1.807) is 10.9 Å². The summed E-state index contributed by atoms with van der Waals surface area (Å²) in [5, 5.41) is 4.24. The van der Waals surface area contributed by atoms with Gasteiger partial charge in [-0.25, -0.2) is 0 Å². The first-order valence-electron chi connectivity index (χ1n) is 6.39. The lowest BCUT2D eigenvalue weighted by atomic mass is 10.1. The lowest BCUT2D eigenvalue weighted by Crippen LogP contribution is -2.13. The van der Waals surface area contributed by atoms with Gasteiger partial charge in [0.1, 0.15) is 5.69 Å². The van der Waals surface area contributed by atoms with E-state index in [9.17, 15) is 4.79 Å². The molecule has 0 saturated carbocycles. The number of carbonyl (C=O) groups excluding carboxylic acids is 1. The second-order valence-electron chi connectivity index (χ2n) is 4.79. The number of nitrogens with zero attached hydrogens (tertiary/aromatic N) is 2. The number of aromatic nitrogens is 2. The van der Waals surface area contributed by atoms with Crippen molar-refractivity contribution in [3.63, 3.8) is 0 Å². The number of aryl methyl sites for hydroxylation is 1. The second kappa shape index (κ2) is 6.15. The van der Waals surface area contributed by atoms with E-state index < -0.39 is 0 Å². The molecule has 0 atom stereocenters. The molecule has 4 heteroatoms. The van der Waals surface area contributed by atoms with Gasteiger partial charge >= 0.3 is 0 Å². The summed E-state index contributed by atoms with van der Waals surface area (Å²) in [5.41, 5.74) is 1.86. The molecule has 2 aromatic rings. The van der Waals surface area contributed by atoms with Crippen molar-refractivity contribution in [3.05, 3.63) is 52.3 Å². The third kappa shape index (κ3) is 3.32. The molecule has 0 bridgehead atoms. The van der Waals surface area contributed by atoms with Crippen LogP contribution >= 0.6 is 15.9 Å². The van der Waals surface area contributed by atoms with Crippen molar-refractivity contribution in [2.45, 2.75) is 32.7 Å². The highest BCUT2D eigenvalue weighted by molar-refractivity contribution is 9.10. The summed E-state index contributed by atoms with van der Waals surface area (Å²) in [6.45, 7) is 4.04. The van der Waals surface area contributed by atoms with Gasteiger partial charge in [-0.2, -0.15) is 5.10 Å². The highest BCUT2D eigenvalue weighted by Crippen LogP contribution is 2.21. The van der Waals surface area contributed by atoms with Crippen LogP contribution in [-0.2, 0) is 6.42 Å². The third-order valence-corrected chi connectivity index (χ3v) is 3.57. The number of benzene rings is 1. The SMILES string of the molecule is CC(C)n1ncc(Br)c1C(=O)CCc1ccccc1. The van der Waals surface area contributed by atoms with Crippen LogP contribution in [0, 0.1) is 0 Å². The molecule has 1 heterocycles. The van der Waals surface area contributed by atoms with Gasteiger partial charge in [0.2, 0.25) is 0 Å². The monoisotopic (exact) mass is 320 g/mol. The Morgan fingerprint density at radius 1 is 1.32 bits per heavy atom. The van der Waals surface area contributed by atoms with Crippen LogP contribution in [0.25, 0.3) is 0 Å². The lowest BCUT2D eigenvalue weighted by molar-refractivity contribution is 0.0970. The molecule has 1 aromatic heterocycles. The Hall–Kier alpha value is -1.42. The molecule has 0 aliphatic carbocycles. The van der Waals surface area contributed by atoms with Crippen molar-refractivity contribution in [2.24, 2.45) is 0 Å². The predicted octanol–water partition coefficient (Wildman–Crippen LogP) is 4.04. The normalized spacial score (nSPS) is 10.9. The Balaban J connectivity index is 2.10. The molecule has 0 aliphatic rings. The van der Waals surface area contributed by atoms with E-state index in [1.807, 2.05) is 44.2 Å². The third-order valence-electron chi connectivity index (χ3n) is 2.99. The van der Waals surface area contributed by atoms with E-state index in [0.717, 1.165) is 10.9 Å². The van der Waals surface area contributed by atoms with Gasteiger partial charge in [0, 0.05) is 12.5 Å². The first-order chi connectivity index (χ1) is 9.09. The van der Waals surface area contributed by atoms with Crippen LogP contribution in [0.5, 0.6) is 0 Å². The van der Waals surface area contributed by atoms with E-state index in [0.29, 0.717) is 12.1 Å². The first kappa shape index (κ1) is 14.0. The highest BCUT2D eigenvalue weighted by atomic mass is 79.9. The molecule has 0 fully saturated rings. The molecule has 100 valence electrons. The molecule has 1 aromatic carbocycles. The zero-order valence-electron chi connectivity index (χ0n) is 11.1. The largest absolute Gasteiger partial charge is 0.292 e. The number of rotatable bonds is 5. The fourth-order valence-corrected chi connectivity index (χ4v) is 2.51. The summed E-state index contributed by atoms with van der Waals surface area (Å²) in [5.74, 6) is 0.127. The van der Waals surface area contributed by atoms with Crippen LogP contribution in [-0.4, -0.2) is 15.6 Å². The van der Waals surface area contributed by atoms with E-state index in [-0.39, 0.29) is 11.8 Å². The number of hydrogen-bond acceptors (Lipinski definition) is 2. The Morgan fingerprint density at radius 2 is 2.00 bits per heavy atom. The van der Waals surface area contributed by atoms with Gasteiger partial charge in [0.25, 0.3) is 0 Å². The summed E-state index contributed by atoms with van der Waals surface area (Å²) in [6.07, 6.45) is 2.95. The van der Waals surface area contributed by atoms with Gasteiger partial charge in [-0.3, -0.25) is 9.48 Å². The molecule has 0 amide bonds. The number of carbonyl (C=O) groups is 1. The fraction of sp³-hybridized carbons (Fsp3) is 0.333. The molecular formula is C15H17BrN2O. The molecule has 0 N–H and O–H groups in total. The van der Waals surface area contributed by atoms with Crippen LogP contribution in [0.2, 0.25) is 0 Å². The van der Waals surface area contributed by atoms with Gasteiger partial charge in [0.15, 0.2) is 5.78 Å². The zero-order valence-corrected chi connectivity index (χ0v) is 12.7.